The van der Waals surface area contributed by atoms with E-state index < -0.39 is 0 Å². The normalized spacial score (nSPS) is 7.33. The largest absolute Gasteiger partial charge is 0.330 e. The number of hydrogen-bond acceptors (Lipinski definition) is 2. The summed E-state index contributed by atoms with van der Waals surface area (Å²) in [7, 11) is 0. The Morgan fingerprint density at radius 2 is 1.00 bits per heavy atom. The Morgan fingerprint density at radius 3 is 1.22 bits per heavy atom. The van der Waals surface area contributed by atoms with Crippen molar-refractivity contribution in [2.75, 3.05) is 13.1 Å². The highest BCUT2D eigenvalue weighted by molar-refractivity contribution is 8.93. The first kappa shape index (κ1) is 16.5. The van der Waals surface area contributed by atoms with Crippen molar-refractivity contribution in [1.82, 2.24) is 0 Å². The molecule has 0 amide bonds. The molecule has 0 fully saturated rings. The van der Waals surface area contributed by atoms with E-state index in [1.165, 1.54) is 6.42 Å². The second-order valence-corrected chi connectivity index (χ2v) is 1.64. The fraction of sp³-hybridized carbons (Fsp3) is 1.00. The first-order chi connectivity index (χ1) is 3.41. The monoisotopic (exact) mass is 262 g/mol. The van der Waals surface area contributed by atoms with Gasteiger partial charge in [0.25, 0.3) is 0 Å². The van der Waals surface area contributed by atoms with E-state index in [2.05, 4.69) is 0 Å². The Labute approximate surface area is 77.9 Å². The van der Waals surface area contributed by atoms with Crippen LogP contribution in [0.4, 0.5) is 0 Å². The van der Waals surface area contributed by atoms with E-state index in [1.54, 1.807) is 0 Å². The SMILES string of the molecule is Br.Br.NCCCCCN. The predicted octanol–water partition coefficient (Wildman–Crippen LogP) is 1.23. The van der Waals surface area contributed by atoms with Gasteiger partial charge in [0, 0.05) is 0 Å². The van der Waals surface area contributed by atoms with Gasteiger partial charge < -0.3 is 11.5 Å². The first-order valence-electron chi connectivity index (χ1n) is 2.82. The van der Waals surface area contributed by atoms with Crippen molar-refractivity contribution in [2.45, 2.75) is 19.3 Å². The quantitative estimate of drug-likeness (QED) is 0.750. The Hall–Kier alpha value is 0.880. The van der Waals surface area contributed by atoms with E-state index in [-0.39, 0.29) is 34.0 Å². The van der Waals surface area contributed by atoms with Crippen LogP contribution >= 0.6 is 34.0 Å². The van der Waals surface area contributed by atoms with Crippen LogP contribution in [0.1, 0.15) is 19.3 Å². The van der Waals surface area contributed by atoms with Gasteiger partial charge in [-0.3, -0.25) is 0 Å². The van der Waals surface area contributed by atoms with E-state index in [0.29, 0.717) is 0 Å². The summed E-state index contributed by atoms with van der Waals surface area (Å²) in [6.45, 7) is 1.61. The zero-order chi connectivity index (χ0) is 5.54. The van der Waals surface area contributed by atoms with Crippen LogP contribution in [0.3, 0.4) is 0 Å². The van der Waals surface area contributed by atoms with Gasteiger partial charge in [-0.05, 0) is 25.9 Å². The third-order valence-electron chi connectivity index (χ3n) is 0.908. The molecule has 60 valence electrons. The van der Waals surface area contributed by atoms with Crippen LogP contribution < -0.4 is 11.5 Å². The van der Waals surface area contributed by atoms with Gasteiger partial charge in [-0.25, -0.2) is 0 Å². The minimum atomic E-state index is 0. The van der Waals surface area contributed by atoms with Crippen LogP contribution in [0.2, 0.25) is 0 Å². The molecule has 4 heteroatoms. The molecule has 0 saturated carbocycles. The zero-order valence-corrected chi connectivity index (χ0v) is 8.93. The summed E-state index contributed by atoms with van der Waals surface area (Å²) < 4.78 is 0. The highest BCUT2D eigenvalue weighted by Gasteiger charge is 1.80. The van der Waals surface area contributed by atoms with Gasteiger partial charge in [-0.1, -0.05) is 6.42 Å². The number of nitrogens with two attached hydrogens (primary N) is 2. The van der Waals surface area contributed by atoms with Gasteiger partial charge in [0.15, 0.2) is 0 Å². The summed E-state index contributed by atoms with van der Waals surface area (Å²) >= 11 is 0. The number of hydrogen-bond donors (Lipinski definition) is 2. The first-order valence-corrected chi connectivity index (χ1v) is 2.82. The number of rotatable bonds is 4. The molecule has 9 heavy (non-hydrogen) atoms. The molecule has 4 N–H and O–H groups in total. The molecule has 0 heterocycles. The Bertz CT molecular complexity index is 32.1. The van der Waals surface area contributed by atoms with Crippen LogP contribution in [0.25, 0.3) is 0 Å². The van der Waals surface area contributed by atoms with Gasteiger partial charge >= 0.3 is 0 Å². The van der Waals surface area contributed by atoms with Crippen molar-refractivity contribution >= 4 is 34.0 Å². The van der Waals surface area contributed by atoms with Gasteiger partial charge in [-0.15, -0.1) is 34.0 Å². The second-order valence-electron chi connectivity index (χ2n) is 1.64. The maximum Gasteiger partial charge on any atom is -0.00773 e. The van der Waals surface area contributed by atoms with Gasteiger partial charge in [-0.2, -0.15) is 0 Å². The van der Waals surface area contributed by atoms with E-state index in [0.717, 1.165) is 25.9 Å². The van der Waals surface area contributed by atoms with Crippen LogP contribution in [0, 0.1) is 0 Å². The molecule has 0 saturated heterocycles. The van der Waals surface area contributed by atoms with Crippen molar-refractivity contribution in [3.63, 3.8) is 0 Å². The highest BCUT2D eigenvalue weighted by Crippen LogP contribution is 1.88. The Balaban J connectivity index is -0.000000180. The van der Waals surface area contributed by atoms with Crippen LogP contribution in [0.5, 0.6) is 0 Å². The molecular formula is C5H16Br2N2. The molecule has 0 aromatic heterocycles. The third-order valence-corrected chi connectivity index (χ3v) is 0.908. The molecular weight excluding hydrogens is 248 g/mol. The van der Waals surface area contributed by atoms with Gasteiger partial charge in [0.05, 0.1) is 0 Å². The molecule has 0 aromatic carbocycles. The van der Waals surface area contributed by atoms with Crippen LogP contribution in [-0.2, 0) is 0 Å². The van der Waals surface area contributed by atoms with Crippen LogP contribution in [-0.4, -0.2) is 13.1 Å². The molecule has 0 aliphatic rings. The minimum Gasteiger partial charge on any atom is -0.330 e. The summed E-state index contributed by atoms with van der Waals surface area (Å²) in [6.07, 6.45) is 3.43. The lowest BCUT2D eigenvalue weighted by Crippen LogP contribution is -2.02. The van der Waals surface area contributed by atoms with Crippen molar-refractivity contribution in [2.24, 2.45) is 11.5 Å². The minimum absolute atomic E-state index is 0. The van der Waals surface area contributed by atoms with Crippen molar-refractivity contribution in [1.29, 1.82) is 0 Å². The molecule has 0 aliphatic heterocycles. The van der Waals surface area contributed by atoms with Crippen molar-refractivity contribution < 1.29 is 0 Å². The smallest absolute Gasteiger partial charge is 0.00773 e. The summed E-state index contributed by atoms with van der Waals surface area (Å²) in [5, 5.41) is 0. The molecule has 0 aromatic rings. The van der Waals surface area contributed by atoms with Crippen molar-refractivity contribution in [3.8, 4) is 0 Å². The van der Waals surface area contributed by atoms with Gasteiger partial charge in [0.2, 0.25) is 0 Å². The van der Waals surface area contributed by atoms with Crippen LogP contribution in [0.15, 0.2) is 0 Å². The van der Waals surface area contributed by atoms with E-state index in [1.807, 2.05) is 0 Å². The third kappa shape index (κ3) is 17.7. The molecule has 0 bridgehead atoms. The molecule has 0 unspecified atom stereocenters. The zero-order valence-electron chi connectivity index (χ0n) is 5.51. The molecule has 2 nitrogen and oxygen atoms in total. The van der Waals surface area contributed by atoms with E-state index >= 15 is 0 Å². The lowest BCUT2D eigenvalue weighted by molar-refractivity contribution is 0.695. The summed E-state index contributed by atoms with van der Waals surface area (Å²) in [5.74, 6) is 0. The van der Waals surface area contributed by atoms with Gasteiger partial charge in [0.1, 0.15) is 0 Å². The number of halogens is 2. The fourth-order valence-electron chi connectivity index (χ4n) is 0.465. The molecule has 0 spiro atoms. The topological polar surface area (TPSA) is 52.0 Å². The molecule has 0 aliphatic carbocycles. The lowest BCUT2D eigenvalue weighted by atomic mass is 10.2. The molecule has 0 atom stereocenters. The molecule has 0 rings (SSSR count). The summed E-state index contributed by atoms with van der Waals surface area (Å²) in [4.78, 5) is 0. The Kier molecular flexibility index (Phi) is 29.2. The maximum absolute atomic E-state index is 5.23. The summed E-state index contributed by atoms with van der Waals surface area (Å²) in [5.41, 5.74) is 10.5. The van der Waals surface area contributed by atoms with E-state index in [9.17, 15) is 0 Å². The summed E-state index contributed by atoms with van der Waals surface area (Å²) in [6, 6.07) is 0. The highest BCUT2D eigenvalue weighted by atomic mass is 79.9. The molecule has 0 radical (unpaired) electrons. The van der Waals surface area contributed by atoms with Crippen molar-refractivity contribution in [3.05, 3.63) is 0 Å². The Morgan fingerprint density at radius 1 is 0.667 bits per heavy atom. The average molecular weight is 264 g/mol. The standard InChI is InChI=1S/C5H14N2.2BrH/c6-4-2-1-3-5-7;;/h1-7H2;2*1H. The fourth-order valence-corrected chi connectivity index (χ4v) is 0.465. The second kappa shape index (κ2) is 15.9. The predicted molar refractivity (Wildman–Crippen MR) is 52.6 cm³/mol. The maximum atomic E-state index is 5.23. The number of unbranched alkanes of at least 4 members (excludes halogenated alkanes) is 2. The average Bonchev–Trinajstić information content (AvgIpc) is 1.69. The van der Waals surface area contributed by atoms with E-state index in [4.69, 9.17) is 11.5 Å². The lowest BCUT2D eigenvalue weighted by Gasteiger charge is -1.91.